The summed E-state index contributed by atoms with van der Waals surface area (Å²) in [6.45, 7) is 1.94. The number of anilines is 1. The van der Waals surface area contributed by atoms with Crippen LogP contribution in [-0.4, -0.2) is 24.5 Å². The van der Waals surface area contributed by atoms with Crippen molar-refractivity contribution >= 4 is 15.5 Å². The molecule has 5 nitrogen and oxygen atoms in total. The molecule has 1 aromatic heterocycles. The monoisotopic (exact) mass is 265 g/mol. The predicted molar refractivity (Wildman–Crippen MR) is 70.9 cm³/mol. The molecule has 0 saturated heterocycles. The molecule has 2 rings (SSSR count). The summed E-state index contributed by atoms with van der Waals surface area (Å²) in [5.41, 5.74) is 8.42. The molecule has 1 heterocycles. The lowest BCUT2D eigenvalue weighted by Crippen LogP contribution is -2.02. The fraction of sp³-hybridized carbons (Fsp3) is 0.250. The van der Waals surface area contributed by atoms with E-state index < -0.39 is 9.84 Å². The maximum Gasteiger partial charge on any atom is 0.177 e. The van der Waals surface area contributed by atoms with E-state index in [1.807, 2.05) is 20.0 Å². The average Bonchev–Trinajstić information content (AvgIpc) is 2.58. The van der Waals surface area contributed by atoms with Crippen LogP contribution in [0.15, 0.2) is 29.2 Å². The quantitative estimate of drug-likeness (QED) is 0.832. The molecule has 0 aliphatic heterocycles. The van der Waals surface area contributed by atoms with Crippen molar-refractivity contribution in [2.75, 3.05) is 12.0 Å². The van der Waals surface area contributed by atoms with Crippen LogP contribution in [0.5, 0.6) is 0 Å². The number of rotatable bonds is 2. The second-order valence-electron chi connectivity index (χ2n) is 4.32. The second kappa shape index (κ2) is 4.13. The maximum atomic E-state index is 11.6. The normalized spacial score (nSPS) is 11.7. The molecule has 0 atom stereocenters. The first kappa shape index (κ1) is 12.6. The molecule has 0 spiro atoms. The summed E-state index contributed by atoms with van der Waals surface area (Å²) in [5, 5.41) is 4.31. The van der Waals surface area contributed by atoms with E-state index in [4.69, 9.17) is 5.73 Å². The Kier molecular flexibility index (Phi) is 2.90. The first-order chi connectivity index (χ1) is 8.29. The molecule has 0 amide bonds. The minimum atomic E-state index is -3.33. The maximum absolute atomic E-state index is 11.6. The lowest BCUT2D eigenvalue weighted by Gasteiger charge is -2.05. The number of nitrogen functional groups attached to an aromatic ring is 1. The number of aryl methyl sites for hydroxylation is 2. The third-order valence-electron chi connectivity index (χ3n) is 2.82. The van der Waals surface area contributed by atoms with Gasteiger partial charge in [0.1, 0.15) is 0 Å². The molecular weight excluding hydrogens is 250 g/mol. The number of nitrogens with zero attached hydrogens (tertiary/aromatic N) is 2. The van der Waals surface area contributed by atoms with Gasteiger partial charge in [-0.15, -0.1) is 0 Å². The van der Waals surface area contributed by atoms with Crippen molar-refractivity contribution in [3.05, 3.63) is 30.0 Å². The van der Waals surface area contributed by atoms with Crippen molar-refractivity contribution in [2.45, 2.75) is 11.8 Å². The van der Waals surface area contributed by atoms with Gasteiger partial charge in [0.2, 0.25) is 0 Å². The SMILES string of the molecule is Cc1cc(-c2ccc(N)c(S(C)(=O)=O)c2)nn1C. The summed E-state index contributed by atoms with van der Waals surface area (Å²) in [4.78, 5) is 0.142. The number of nitrogens with two attached hydrogens (primary N) is 1. The van der Waals surface area contributed by atoms with Gasteiger partial charge in [-0.2, -0.15) is 5.10 Å². The molecule has 0 unspecified atom stereocenters. The summed E-state index contributed by atoms with van der Waals surface area (Å²) in [6.07, 6.45) is 1.14. The predicted octanol–water partition coefficient (Wildman–Crippen LogP) is 1.38. The number of hydrogen-bond acceptors (Lipinski definition) is 4. The van der Waals surface area contributed by atoms with Crippen LogP contribution in [0.1, 0.15) is 5.69 Å². The molecule has 0 aliphatic carbocycles. The second-order valence-corrected chi connectivity index (χ2v) is 6.30. The lowest BCUT2D eigenvalue weighted by atomic mass is 10.1. The molecule has 0 radical (unpaired) electrons. The van der Waals surface area contributed by atoms with Crippen molar-refractivity contribution in [1.29, 1.82) is 0 Å². The van der Waals surface area contributed by atoms with E-state index in [1.54, 1.807) is 22.9 Å². The third-order valence-corrected chi connectivity index (χ3v) is 3.98. The van der Waals surface area contributed by atoms with Gasteiger partial charge in [0.15, 0.2) is 9.84 Å². The van der Waals surface area contributed by atoms with Gasteiger partial charge in [0, 0.05) is 24.6 Å². The van der Waals surface area contributed by atoms with Gasteiger partial charge in [0.25, 0.3) is 0 Å². The Balaban J connectivity index is 2.61. The molecule has 0 fully saturated rings. The van der Waals surface area contributed by atoms with Crippen molar-refractivity contribution < 1.29 is 8.42 Å². The van der Waals surface area contributed by atoms with Gasteiger partial charge in [-0.25, -0.2) is 8.42 Å². The molecule has 0 aliphatic rings. The van der Waals surface area contributed by atoms with E-state index in [0.29, 0.717) is 0 Å². The Morgan fingerprint density at radius 2 is 1.94 bits per heavy atom. The van der Waals surface area contributed by atoms with Gasteiger partial charge in [-0.05, 0) is 25.1 Å². The van der Waals surface area contributed by atoms with E-state index in [9.17, 15) is 8.42 Å². The summed E-state index contributed by atoms with van der Waals surface area (Å²) in [7, 11) is -1.49. The standard InChI is InChI=1S/C12H15N3O2S/c1-8-6-11(14-15(8)2)9-4-5-10(13)12(7-9)18(3,16)17/h4-7H,13H2,1-3H3. The summed E-state index contributed by atoms with van der Waals surface area (Å²) in [5.74, 6) is 0. The molecule has 6 heteroatoms. The Morgan fingerprint density at radius 1 is 1.28 bits per heavy atom. The zero-order valence-corrected chi connectivity index (χ0v) is 11.3. The lowest BCUT2D eigenvalue weighted by molar-refractivity contribution is 0.602. The van der Waals surface area contributed by atoms with Gasteiger partial charge in [-0.3, -0.25) is 4.68 Å². The Morgan fingerprint density at radius 3 is 2.44 bits per heavy atom. The minimum absolute atomic E-state index is 0.142. The van der Waals surface area contributed by atoms with Crippen LogP contribution in [-0.2, 0) is 16.9 Å². The Bertz CT molecular complexity index is 683. The van der Waals surface area contributed by atoms with Crippen molar-refractivity contribution in [1.82, 2.24) is 9.78 Å². The smallest absolute Gasteiger partial charge is 0.177 e. The van der Waals surface area contributed by atoms with Gasteiger partial charge < -0.3 is 5.73 Å². The van der Waals surface area contributed by atoms with Crippen LogP contribution >= 0.6 is 0 Å². The van der Waals surface area contributed by atoms with Crippen LogP contribution in [0, 0.1) is 6.92 Å². The minimum Gasteiger partial charge on any atom is -0.398 e. The highest BCUT2D eigenvalue weighted by atomic mass is 32.2. The van der Waals surface area contributed by atoms with Gasteiger partial charge in [-0.1, -0.05) is 6.07 Å². The number of hydrogen-bond donors (Lipinski definition) is 1. The fourth-order valence-electron chi connectivity index (χ4n) is 1.72. The van der Waals surface area contributed by atoms with E-state index in [2.05, 4.69) is 5.10 Å². The summed E-state index contributed by atoms with van der Waals surface area (Å²) in [6, 6.07) is 6.82. The highest BCUT2D eigenvalue weighted by molar-refractivity contribution is 7.90. The topological polar surface area (TPSA) is 78.0 Å². The summed E-state index contributed by atoms with van der Waals surface area (Å²) < 4.78 is 24.9. The Labute approximate surface area is 106 Å². The molecule has 0 saturated carbocycles. The molecule has 18 heavy (non-hydrogen) atoms. The molecule has 2 N–H and O–H groups in total. The van der Waals surface area contributed by atoms with Crippen LogP contribution in [0.2, 0.25) is 0 Å². The van der Waals surface area contributed by atoms with Crippen LogP contribution < -0.4 is 5.73 Å². The van der Waals surface area contributed by atoms with Crippen LogP contribution in [0.25, 0.3) is 11.3 Å². The third kappa shape index (κ3) is 2.24. The largest absolute Gasteiger partial charge is 0.398 e. The molecule has 0 bridgehead atoms. The van der Waals surface area contributed by atoms with Crippen molar-refractivity contribution in [3.63, 3.8) is 0 Å². The zero-order valence-electron chi connectivity index (χ0n) is 10.5. The highest BCUT2D eigenvalue weighted by Gasteiger charge is 2.14. The van der Waals surface area contributed by atoms with Crippen molar-refractivity contribution in [3.8, 4) is 11.3 Å². The zero-order chi connectivity index (χ0) is 13.5. The molecule has 2 aromatic rings. The number of benzene rings is 1. The van der Waals surface area contributed by atoms with E-state index in [0.717, 1.165) is 23.2 Å². The summed E-state index contributed by atoms with van der Waals surface area (Å²) >= 11 is 0. The highest BCUT2D eigenvalue weighted by Crippen LogP contribution is 2.26. The van der Waals surface area contributed by atoms with E-state index >= 15 is 0 Å². The van der Waals surface area contributed by atoms with Crippen LogP contribution in [0.4, 0.5) is 5.69 Å². The molecule has 96 valence electrons. The average molecular weight is 265 g/mol. The van der Waals surface area contributed by atoms with Gasteiger partial charge in [0.05, 0.1) is 16.3 Å². The van der Waals surface area contributed by atoms with E-state index in [1.165, 1.54) is 0 Å². The number of aromatic nitrogens is 2. The fourth-order valence-corrected chi connectivity index (χ4v) is 2.55. The first-order valence-electron chi connectivity index (χ1n) is 5.39. The van der Waals surface area contributed by atoms with Gasteiger partial charge >= 0.3 is 0 Å². The first-order valence-corrected chi connectivity index (χ1v) is 7.29. The van der Waals surface area contributed by atoms with Crippen molar-refractivity contribution in [2.24, 2.45) is 7.05 Å². The Hall–Kier alpha value is -1.82. The van der Waals surface area contributed by atoms with E-state index in [-0.39, 0.29) is 10.6 Å². The molecular formula is C12H15N3O2S. The number of sulfone groups is 1. The van der Waals surface area contributed by atoms with Crippen LogP contribution in [0.3, 0.4) is 0 Å². The molecule has 1 aromatic carbocycles.